The third-order valence-electron chi connectivity index (χ3n) is 20.9. The van der Waals surface area contributed by atoms with Crippen molar-refractivity contribution >= 4 is 54.8 Å². The fourth-order valence-electron chi connectivity index (χ4n) is 14.8. The number of phosphoric acid groups is 7. The van der Waals surface area contributed by atoms with Gasteiger partial charge in [0.05, 0.1) is 52.4 Å². The highest BCUT2D eigenvalue weighted by Gasteiger charge is 2.55. The van der Waals surface area contributed by atoms with Gasteiger partial charge >= 0.3 is 94.6 Å². The molecule has 7 aliphatic rings. The van der Waals surface area contributed by atoms with Gasteiger partial charge in [-0.25, -0.2) is 65.5 Å². The molecule has 65 nitrogen and oxygen atoms in total. The summed E-state index contributed by atoms with van der Waals surface area (Å²) in [7, 11) is -39.5. The number of phosphoric ester groups is 7. The van der Waals surface area contributed by atoms with E-state index >= 15 is 0 Å². The number of nitrogens with one attached hydrogen (secondary N) is 7. The van der Waals surface area contributed by atoms with E-state index in [0.29, 0.717) is 26.0 Å². The molecule has 7 aromatic rings. The summed E-state index contributed by atoms with van der Waals surface area (Å²) in [6.45, 7) is -8.38. The highest BCUT2D eigenvalue weighted by molar-refractivity contribution is 7.49. The fourth-order valence-corrected chi connectivity index (χ4v) is 20.9. The first kappa shape index (κ1) is 102. The number of hydrogen-bond acceptors (Lipinski definition) is 43. The molecule has 0 aromatic carbocycles. The monoisotopic (exact) mass is 2060 g/mol. The molecule has 742 valence electrons. The smallest absolute Gasteiger partial charge is 0.390 e. The van der Waals surface area contributed by atoms with Crippen molar-refractivity contribution < 1.29 is 173 Å². The first-order chi connectivity index (χ1) is 63.4. The Kier molecular flexibility index (Phi) is 31.2. The van der Waals surface area contributed by atoms with Crippen molar-refractivity contribution in [3.05, 3.63) is 232 Å². The summed E-state index contributed by atoms with van der Waals surface area (Å²) in [5.41, 5.74) is -14.3. The quantitative estimate of drug-likeness (QED) is 0.0159. The van der Waals surface area contributed by atoms with Gasteiger partial charge in [-0.15, -0.1) is 0 Å². The molecule has 7 aromatic heterocycles. The van der Waals surface area contributed by atoms with Crippen molar-refractivity contribution in [1.82, 2.24) is 66.9 Å². The first-order valence-electron chi connectivity index (χ1n) is 39.2. The number of hydrogen-bond donors (Lipinski definition) is 17. The summed E-state index contributed by atoms with van der Waals surface area (Å²) in [6, 6.07) is 5.95. The van der Waals surface area contributed by atoms with Gasteiger partial charge in [0.1, 0.15) is 123 Å². The molecule has 0 spiro atoms. The molecule has 14 rings (SSSR count). The normalized spacial score (nSPS) is 30.9. The van der Waals surface area contributed by atoms with Crippen LogP contribution in [0.3, 0.4) is 0 Å². The van der Waals surface area contributed by atoms with Crippen LogP contribution < -0.4 is 78.7 Å². The van der Waals surface area contributed by atoms with Crippen molar-refractivity contribution in [1.29, 1.82) is 0 Å². The molecule has 28 atom stereocenters. The van der Waals surface area contributed by atoms with Crippen LogP contribution in [0.15, 0.2) is 153 Å². The van der Waals surface area contributed by atoms with Crippen molar-refractivity contribution in [3.8, 4) is 0 Å². The maximum Gasteiger partial charge on any atom is 0.472 e. The van der Waals surface area contributed by atoms with Crippen LogP contribution in [0.2, 0.25) is 0 Å². The van der Waals surface area contributed by atoms with Crippen molar-refractivity contribution in [3.63, 3.8) is 0 Å². The van der Waals surface area contributed by atoms with Crippen LogP contribution in [0, 0.1) is 0 Å². The molecule has 17 N–H and O–H groups in total. The van der Waals surface area contributed by atoms with Crippen LogP contribution >= 0.6 is 54.8 Å². The Labute approximate surface area is 743 Å². The van der Waals surface area contributed by atoms with E-state index in [1.165, 1.54) is 0 Å². The summed E-state index contributed by atoms with van der Waals surface area (Å²) in [4.78, 5) is 275. The minimum Gasteiger partial charge on any atom is -0.390 e. The zero-order valence-corrected chi connectivity index (χ0v) is 74.2. The number of nitrogens with zero attached hydrogens (tertiary/aromatic N) is 7. The molecule has 0 radical (unpaired) electrons. The maximum absolute atomic E-state index is 14.3. The highest BCUT2D eigenvalue weighted by Crippen LogP contribution is 2.57. The topological polar surface area (TPSA) is 890 Å². The van der Waals surface area contributed by atoms with E-state index in [1.54, 1.807) is 0 Å². The lowest BCUT2D eigenvalue weighted by molar-refractivity contribution is -0.0676. The van der Waals surface area contributed by atoms with Crippen LogP contribution in [0.4, 0.5) is 0 Å². The third kappa shape index (κ3) is 26.0. The predicted molar refractivity (Wildman–Crippen MR) is 428 cm³/mol. The number of aliphatic hydroxyl groups excluding tert-OH is 2. The van der Waals surface area contributed by atoms with Crippen LogP contribution in [-0.4, -0.2) is 254 Å². The highest BCUT2D eigenvalue weighted by atomic mass is 31.2. The van der Waals surface area contributed by atoms with Gasteiger partial charge in [0, 0.05) is 124 Å². The second-order valence-electron chi connectivity index (χ2n) is 30.1. The molecular formula is C63H79N14O51P7. The van der Waals surface area contributed by atoms with Crippen LogP contribution in [-0.2, 0) is 124 Å². The molecule has 14 heterocycles. The van der Waals surface area contributed by atoms with E-state index in [0.717, 1.165) is 91.8 Å². The number of aromatic amines is 7. The zero-order chi connectivity index (χ0) is 97.5. The van der Waals surface area contributed by atoms with Crippen LogP contribution in [0.5, 0.6) is 0 Å². The van der Waals surface area contributed by atoms with E-state index in [-0.39, 0.29) is 6.42 Å². The van der Waals surface area contributed by atoms with Gasteiger partial charge in [-0.1, -0.05) is 0 Å². The largest absolute Gasteiger partial charge is 0.472 e. The predicted octanol–water partition coefficient (Wildman–Crippen LogP) is -6.70. The molecular weight excluding hydrogens is 1990 g/mol. The Morgan fingerprint density at radius 1 is 0.267 bits per heavy atom. The van der Waals surface area contributed by atoms with E-state index < -0.39 is 347 Å². The van der Waals surface area contributed by atoms with E-state index in [9.17, 15) is 148 Å². The average molecular weight is 2070 g/mol. The summed E-state index contributed by atoms with van der Waals surface area (Å²) in [6.07, 6.45) is -37.2. The molecule has 0 aliphatic carbocycles. The molecule has 0 saturated carbocycles. The van der Waals surface area contributed by atoms with Gasteiger partial charge in [0.25, 0.3) is 38.9 Å². The number of H-pyrrole nitrogens is 7. The average Bonchev–Trinajstić information content (AvgIpc) is 1.64. The Hall–Kier alpha value is -8.83. The molecule has 7 aliphatic heterocycles. The lowest BCUT2D eigenvalue weighted by Gasteiger charge is -2.26. The van der Waals surface area contributed by atoms with Crippen molar-refractivity contribution in [2.24, 2.45) is 0 Å². The van der Waals surface area contributed by atoms with Gasteiger partial charge in [0.15, 0.2) is 6.23 Å². The number of aromatic nitrogens is 14. The molecule has 7 fully saturated rings. The Morgan fingerprint density at radius 2 is 0.467 bits per heavy atom. The second-order valence-corrected chi connectivity index (χ2v) is 39.8. The van der Waals surface area contributed by atoms with E-state index in [2.05, 4.69) is 4.52 Å². The number of aliphatic hydroxyl groups is 2. The third-order valence-corrected chi connectivity index (χ3v) is 27.5. The SMILES string of the molecule is O=c1ccn([C@@H]2O[C@H](COP(=O)(O)O[C@H]3C[C@H](n4ccc(=O)[nH]c4=O)O[C@@H]3COP(=O)(O)O[C@H]3C[C@H](n4ccc(=O)[nH]c4=O)O[C@@H]3COP(=O)(O)O[C@H]3C[C@H](n4ccc(=O)[nH]c4=O)O[C@@H]3COP(=O)(O)O)[C@@H](O)[C@H]2OP(=O)(O)OC[C@H]2O[C@@H](n3ccc(=O)[nH]c3=O)C[C@@H]2OP(=O)(O)OC[C@H]2O[C@@H](n3ccc(=O)[nH]c3=O)C[C@@H]2OP(=O)(O)OC[C@H]2O[C@@H](n3ccc(=O)[nH]c3=O)C[C@@H]2O)c(=O)[nH]1. The summed E-state index contributed by atoms with van der Waals surface area (Å²) in [5, 5.41) is 22.6. The molecule has 72 heteroatoms. The van der Waals surface area contributed by atoms with E-state index in [4.69, 9.17) is 87.4 Å². The van der Waals surface area contributed by atoms with Gasteiger partial charge in [0.2, 0.25) is 0 Å². The maximum atomic E-state index is 14.3. The lowest BCUT2D eigenvalue weighted by Crippen LogP contribution is -2.39. The van der Waals surface area contributed by atoms with Gasteiger partial charge in [-0.3, -0.25) is 159 Å². The Morgan fingerprint density at radius 3 is 0.704 bits per heavy atom. The molecule has 0 amide bonds. The van der Waals surface area contributed by atoms with Crippen LogP contribution in [0.25, 0.3) is 0 Å². The standard InChI is InChI=1S/C63H79N14O51P7/c78-28-15-48(71-8-1-41(79)64-57(71)87)116-34(28)21-110-130(97,98)124-30-17-50(73-10-3-43(81)66-59(73)89)118-36(30)23-112-133(103,104)126-33-20-53(76-13-6-46(84)69-62(76)92)121-39(33)26-114-135(107,108)128-55-54(86)40(122-56(55)77-14-7-47(85)70-63(77)93)27-115-134(105,106)127-32-19-52(75-12-5-45(83)68-61(75)91)120-38(32)25-113-132(101,102)125-31-18-51(74-11-4-44(82)67-60(74)90)119-37(31)24-111-131(99,100)123-29-16-49(72-9-2-42(80)65-58(72)88)117-35(29)22-109-129(94,95)96/h1-14,28-40,48-56,78,86H,15-27H2,(H,97,98)(H,99,100)(H,101,102)(H,103,104)(H,105,106)(H,107,108)(H,64,79,87)(H,65,80,88)(H,66,81,89)(H,67,82,90)(H,68,83,91)(H,69,84,92)(H,70,85,93)(H2,94,95,96)/t28-,29-,30-,31-,32-,33-,34+,35+,36+,37+,38+,39+,40+,48+,49+,50+,51+,52+,53+,54+,55+,56+/m0/s1. The molecule has 135 heavy (non-hydrogen) atoms. The minimum atomic E-state index is -5.94. The van der Waals surface area contributed by atoms with Gasteiger partial charge < -0.3 is 82.5 Å². The summed E-state index contributed by atoms with van der Waals surface area (Å²) < 4.78 is 210. The van der Waals surface area contributed by atoms with Gasteiger partial charge in [-0.2, -0.15) is 0 Å². The zero-order valence-electron chi connectivity index (χ0n) is 67.9. The number of rotatable bonds is 40. The van der Waals surface area contributed by atoms with E-state index in [1.807, 2.05) is 34.9 Å². The second kappa shape index (κ2) is 41.3. The number of ether oxygens (including phenoxy) is 7. The Bertz CT molecular complexity index is 6810. The summed E-state index contributed by atoms with van der Waals surface area (Å²) >= 11 is 0. The van der Waals surface area contributed by atoms with Crippen molar-refractivity contribution in [2.45, 2.75) is 174 Å². The molecule has 0 bridgehead atoms. The van der Waals surface area contributed by atoms with Crippen molar-refractivity contribution in [2.75, 3.05) is 46.2 Å². The lowest BCUT2D eigenvalue weighted by atomic mass is 10.1. The van der Waals surface area contributed by atoms with Crippen LogP contribution in [0.1, 0.15) is 82.1 Å². The Balaban J connectivity index is 0.639. The van der Waals surface area contributed by atoms with Gasteiger partial charge in [-0.05, 0) is 0 Å². The minimum absolute atomic E-state index is 0.290. The molecule has 6 unspecified atom stereocenters. The first-order valence-corrected chi connectivity index (χ1v) is 49.7. The summed E-state index contributed by atoms with van der Waals surface area (Å²) in [5.74, 6) is 0. The fraction of sp³-hybridized carbons (Fsp3) is 0.556. The molecule has 7 saturated heterocycles.